The third-order valence-corrected chi connectivity index (χ3v) is 14.2. The number of carboxylic acid groups (broad SMARTS) is 3. The van der Waals surface area contributed by atoms with Crippen molar-refractivity contribution >= 4 is 82.9 Å². The van der Waals surface area contributed by atoms with E-state index in [0.29, 0.717) is 17.5 Å². The summed E-state index contributed by atoms with van der Waals surface area (Å²) in [7, 11) is 0. The molecule has 92 heavy (non-hydrogen) atoms. The van der Waals surface area contributed by atoms with Crippen molar-refractivity contribution in [2.75, 3.05) is 6.54 Å². The molecule has 0 aliphatic heterocycles. The molecular weight excluding hydrogens is 1200 g/mol. The Labute approximate surface area is 531 Å². The second kappa shape index (κ2) is 38.5. The van der Waals surface area contributed by atoms with Crippen molar-refractivity contribution in [3.05, 3.63) is 90.0 Å². The number of rotatable bonds is 41. The van der Waals surface area contributed by atoms with Crippen molar-refractivity contribution in [3.63, 3.8) is 0 Å². The lowest BCUT2D eigenvalue weighted by Gasteiger charge is -2.29. The standard InChI is InChI=1S/C60H88N16O16/c1-31(2)24-40(70-50(82)37(61)18-13-23-66-60(63)64)55(87)75-49(33(5)6)58(90)73-43(28-45(62)77)54(86)72-42(27-36-29-65-30-67-36)53(85)71-41(25-34-14-9-7-10-15-34)56(88)76-48(32(3)4)57(89)69-39(20-22-47(80)81)51(83)68-38(19-21-46(78)79)52(84)74-44(59(91)92)26-35-16-11-8-12-17-35/h7-12,14-17,29-33,37-44,48-49H,13,18-28,61H2,1-6H3,(H2,62,77)(H,65,67)(H,68,83)(H,69,89)(H,70,82)(H,71,85)(H,72,86)(H,73,90)(H,74,84)(H,75,87)(H,76,88)(H,78,79)(H,80,81)(H,91,92)(H4,63,64,66)/t37-,38-,39-,40-,41-,42-,43-,44-,48-,49-/m0/s1. The monoisotopic (exact) mass is 1290 g/mol. The van der Waals surface area contributed by atoms with Crippen LogP contribution in [0.25, 0.3) is 0 Å². The van der Waals surface area contributed by atoms with Gasteiger partial charge in [0.05, 0.1) is 18.8 Å². The van der Waals surface area contributed by atoms with E-state index < -0.39 is 181 Å². The Balaban J connectivity index is 1.94. The molecule has 0 fully saturated rings. The Kier molecular flexibility index (Phi) is 31.9. The van der Waals surface area contributed by atoms with Gasteiger partial charge in [0.2, 0.25) is 59.1 Å². The molecule has 0 saturated heterocycles. The van der Waals surface area contributed by atoms with Gasteiger partial charge in [-0.05, 0) is 61.0 Å². The number of hydrogen-bond acceptors (Lipinski definition) is 16. The van der Waals surface area contributed by atoms with Crippen LogP contribution in [0.15, 0.2) is 78.2 Å². The molecule has 0 spiro atoms. The summed E-state index contributed by atoms with van der Waals surface area (Å²) in [5.41, 5.74) is 23.7. The number of H-pyrrole nitrogens is 1. The normalized spacial score (nSPS) is 14.4. The predicted molar refractivity (Wildman–Crippen MR) is 332 cm³/mol. The molecule has 0 unspecified atom stereocenters. The number of hydrogen-bond donors (Lipinski definition) is 17. The molecule has 21 N–H and O–H groups in total. The minimum atomic E-state index is -1.78. The molecule has 0 aliphatic carbocycles. The van der Waals surface area contributed by atoms with Crippen molar-refractivity contribution in [2.24, 2.45) is 45.7 Å². The number of carbonyl (C=O) groups excluding carboxylic acids is 10. The molecule has 0 bridgehead atoms. The SMILES string of the molecule is CC(C)C[C@H](NC(=O)[C@@H](N)CCCN=C(N)N)C(=O)N[C@H](C(=O)N[C@@H](CC(N)=O)C(=O)N[C@@H](Cc1cnc[nH]1)C(=O)N[C@@H](Cc1ccccc1)C(=O)N[C@H](C(=O)N[C@@H](CCC(=O)O)C(=O)N[C@@H](CCC(=O)O)C(=O)N[C@@H](Cc1ccccc1)C(=O)O)C(C)C)C(C)C. The highest BCUT2D eigenvalue weighted by atomic mass is 16.4. The number of carboxylic acids is 3. The summed E-state index contributed by atoms with van der Waals surface area (Å²) in [6.07, 6.45) is -0.914. The van der Waals surface area contributed by atoms with Crippen LogP contribution in [0.2, 0.25) is 0 Å². The maximum absolute atomic E-state index is 14.7. The van der Waals surface area contributed by atoms with Crippen molar-refractivity contribution in [1.82, 2.24) is 57.8 Å². The van der Waals surface area contributed by atoms with Crippen LogP contribution in [0.4, 0.5) is 0 Å². The topological polar surface area (TPSA) is 536 Å². The first-order chi connectivity index (χ1) is 43.3. The summed E-state index contributed by atoms with van der Waals surface area (Å²) in [5.74, 6) is -15.9. The van der Waals surface area contributed by atoms with E-state index >= 15 is 0 Å². The summed E-state index contributed by atoms with van der Waals surface area (Å²) >= 11 is 0. The maximum Gasteiger partial charge on any atom is 0.326 e. The van der Waals surface area contributed by atoms with Crippen molar-refractivity contribution in [3.8, 4) is 0 Å². The zero-order chi connectivity index (χ0) is 68.8. The fourth-order valence-corrected chi connectivity index (χ4v) is 9.24. The Morgan fingerprint density at radius 1 is 0.489 bits per heavy atom. The van der Waals surface area contributed by atoms with E-state index in [1.807, 2.05) is 0 Å². The molecule has 10 atom stereocenters. The van der Waals surface area contributed by atoms with Crippen LogP contribution in [0.5, 0.6) is 0 Å². The third-order valence-electron chi connectivity index (χ3n) is 14.2. The van der Waals surface area contributed by atoms with Gasteiger partial charge in [-0.1, -0.05) is 102 Å². The highest BCUT2D eigenvalue weighted by Gasteiger charge is 2.38. The van der Waals surface area contributed by atoms with Gasteiger partial charge in [-0.25, -0.2) is 9.78 Å². The molecule has 2 aromatic carbocycles. The molecule has 1 heterocycles. The first kappa shape index (κ1) is 76.2. The van der Waals surface area contributed by atoms with E-state index in [-0.39, 0.29) is 56.2 Å². The van der Waals surface area contributed by atoms with Crippen LogP contribution in [-0.2, 0) is 81.6 Å². The Morgan fingerprint density at radius 2 is 0.891 bits per heavy atom. The third kappa shape index (κ3) is 27.8. The first-order valence-electron chi connectivity index (χ1n) is 29.9. The summed E-state index contributed by atoms with van der Waals surface area (Å²) < 4.78 is 0. The second-order valence-corrected chi connectivity index (χ2v) is 23.1. The lowest BCUT2D eigenvalue weighted by atomic mass is 9.99. The number of amides is 10. The van der Waals surface area contributed by atoms with Crippen LogP contribution in [0.3, 0.4) is 0 Å². The van der Waals surface area contributed by atoms with Crippen LogP contribution < -0.4 is 70.8 Å². The lowest BCUT2D eigenvalue weighted by Crippen LogP contribution is -2.62. The summed E-state index contributed by atoms with van der Waals surface area (Å²) in [5, 5.41) is 51.6. The second-order valence-electron chi connectivity index (χ2n) is 23.1. The Morgan fingerprint density at radius 3 is 1.33 bits per heavy atom. The molecule has 0 aliphatic rings. The molecule has 0 saturated carbocycles. The number of aliphatic imine (C=N–C) groups is 1. The van der Waals surface area contributed by atoms with Gasteiger partial charge in [0.25, 0.3) is 0 Å². The quantitative estimate of drug-likeness (QED) is 0.0155. The fraction of sp³-hybridized carbons (Fsp3) is 0.517. The van der Waals surface area contributed by atoms with Gasteiger partial charge >= 0.3 is 17.9 Å². The summed E-state index contributed by atoms with van der Waals surface area (Å²) in [4.78, 5) is 186. The van der Waals surface area contributed by atoms with Crippen molar-refractivity contribution in [1.29, 1.82) is 0 Å². The summed E-state index contributed by atoms with van der Waals surface area (Å²) in [6, 6.07) is 1.30. The van der Waals surface area contributed by atoms with Gasteiger partial charge in [0.1, 0.15) is 54.4 Å². The molecule has 0 radical (unpaired) electrons. The lowest BCUT2D eigenvalue weighted by molar-refractivity contribution is -0.143. The predicted octanol–water partition coefficient (Wildman–Crippen LogP) is -2.77. The van der Waals surface area contributed by atoms with E-state index in [4.69, 9.17) is 22.9 Å². The minimum absolute atomic E-state index is 0.122. The van der Waals surface area contributed by atoms with Gasteiger partial charge < -0.3 is 91.1 Å². The zero-order valence-corrected chi connectivity index (χ0v) is 52.3. The molecule has 10 amide bonds. The van der Waals surface area contributed by atoms with Gasteiger partial charge in [0, 0.05) is 50.5 Å². The summed E-state index contributed by atoms with van der Waals surface area (Å²) in [6.45, 7) is 10.0. The maximum atomic E-state index is 14.7. The number of primary amides is 1. The number of nitrogens with zero attached hydrogens (tertiary/aromatic N) is 2. The number of aromatic amines is 1. The highest BCUT2D eigenvalue weighted by molar-refractivity contribution is 6.00. The number of imidazole rings is 1. The number of nitrogens with one attached hydrogen (secondary N) is 10. The van der Waals surface area contributed by atoms with Crippen LogP contribution in [0.1, 0.15) is 110 Å². The number of benzene rings is 2. The van der Waals surface area contributed by atoms with E-state index in [1.54, 1.807) is 88.4 Å². The molecule has 3 rings (SSSR count). The Hall–Kier alpha value is -10.0. The highest BCUT2D eigenvalue weighted by Crippen LogP contribution is 2.14. The van der Waals surface area contributed by atoms with Gasteiger partial charge in [-0.15, -0.1) is 0 Å². The van der Waals surface area contributed by atoms with Crippen molar-refractivity contribution < 1.29 is 77.6 Å². The van der Waals surface area contributed by atoms with E-state index in [9.17, 15) is 77.6 Å². The molecule has 1 aromatic heterocycles. The van der Waals surface area contributed by atoms with Gasteiger partial charge in [-0.2, -0.15) is 0 Å². The number of nitrogens with two attached hydrogens (primary N) is 4. The molecule has 3 aromatic rings. The van der Waals surface area contributed by atoms with Crippen LogP contribution in [0, 0.1) is 17.8 Å². The smallest absolute Gasteiger partial charge is 0.326 e. The van der Waals surface area contributed by atoms with Gasteiger partial charge in [0.15, 0.2) is 5.96 Å². The van der Waals surface area contributed by atoms with E-state index in [0.717, 1.165) is 0 Å². The number of carbonyl (C=O) groups is 13. The number of aliphatic carboxylic acids is 3. The molecule has 504 valence electrons. The minimum Gasteiger partial charge on any atom is -0.481 e. The fourth-order valence-electron chi connectivity index (χ4n) is 9.24. The van der Waals surface area contributed by atoms with Crippen molar-refractivity contribution in [2.45, 2.75) is 173 Å². The largest absolute Gasteiger partial charge is 0.481 e. The van der Waals surface area contributed by atoms with E-state index in [2.05, 4.69) is 62.8 Å². The molecule has 32 nitrogen and oxygen atoms in total. The Bertz CT molecular complexity index is 3020. The molecule has 32 heteroatoms. The average Bonchev–Trinajstić information content (AvgIpc) is 1.12. The van der Waals surface area contributed by atoms with Crippen LogP contribution >= 0.6 is 0 Å². The zero-order valence-electron chi connectivity index (χ0n) is 52.3. The average molecular weight is 1290 g/mol. The molecular formula is C60H88N16O16. The van der Waals surface area contributed by atoms with Gasteiger partial charge in [-0.3, -0.25) is 62.5 Å². The van der Waals surface area contributed by atoms with Crippen LogP contribution in [-0.4, -0.2) is 175 Å². The van der Waals surface area contributed by atoms with E-state index in [1.165, 1.54) is 26.4 Å². The number of aromatic nitrogens is 2. The number of guanidine groups is 1. The first-order valence-corrected chi connectivity index (χ1v) is 29.9.